The molecule has 2 aliphatic rings. The molecule has 0 spiro atoms. The summed E-state index contributed by atoms with van der Waals surface area (Å²) >= 11 is 0. The molecule has 4 rings (SSSR count). The fraction of sp³-hybridized carbons (Fsp3) is 0.417. The second kappa shape index (κ2) is 9.14. The van der Waals surface area contributed by atoms with Crippen LogP contribution in [-0.2, 0) is 16.0 Å². The number of anilines is 1. The largest absolute Gasteiger partial charge is 0.341 e. The summed E-state index contributed by atoms with van der Waals surface area (Å²) < 4.78 is 27.4. The summed E-state index contributed by atoms with van der Waals surface area (Å²) in [5.74, 6) is -1.20. The fourth-order valence-corrected chi connectivity index (χ4v) is 4.45. The maximum atomic E-state index is 13.9. The Morgan fingerprint density at radius 2 is 1.81 bits per heavy atom. The zero-order valence-corrected chi connectivity index (χ0v) is 17.6. The number of likely N-dealkylation sites (tertiary alicyclic amines) is 1. The van der Waals surface area contributed by atoms with Gasteiger partial charge in [0, 0.05) is 25.7 Å². The normalized spacial score (nSPS) is 19.7. The first-order valence-electron chi connectivity index (χ1n) is 10.8. The number of amides is 2. The van der Waals surface area contributed by atoms with Gasteiger partial charge in [-0.2, -0.15) is 0 Å². The standard InChI is InChI=1S/C24H27F2N3O2/c1-16-8-11-28(12-9-16)24(31)23-19-5-3-2-4-17(19)10-13-29(23)15-22(30)27-21-14-18(25)6-7-20(21)26/h2-7,14,16,23H,8-13,15H2,1H3,(H,27,30)/t23-/m1/s1. The van der Waals surface area contributed by atoms with Crippen LogP contribution in [0.2, 0.25) is 0 Å². The van der Waals surface area contributed by atoms with E-state index < -0.39 is 23.6 Å². The Morgan fingerprint density at radius 3 is 2.58 bits per heavy atom. The van der Waals surface area contributed by atoms with E-state index in [9.17, 15) is 18.4 Å². The molecule has 7 heteroatoms. The minimum absolute atomic E-state index is 0.00351. The third kappa shape index (κ3) is 4.77. The molecule has 2 heterocycles. The summed E-state index contributed by atoms with van der Waals surface area (Å²) in [5.41, 5.74) is 1.83. The second-order valence-electron chi connectivity index (χ2n) is 8.50. The first kappa shape index (κ1) is 21.4. The molecule has 2 amide bonds. The topological polar surface area (TPSA) is 52.7 Å². The van der Waals surface area contributed by atoms with Gasteiger partial charge in [-0.15, -0.1) is 0 Å². The first-order valence-corrected chi connectivity index (χ1v) is 10.8. The van der Waals surface area contributed by atoms with E-state index in [1.807, 2.05) is 34.1 Å². The number of nitrogens with one attached hydrogen (secondary N) is 1. The van der Waals surface area contributed by atoms with E-state index in [1.54, 1.807) is 0 Å². The van der Waals surface area contributed by atoms with E-state index in [0.717, 1.165) is 48.6 Å². The molecule has 164 valence electrons. The zero-order chi connectivity index (χ0) is 22.0. The Bertz CT molecular complexity index is 973. The molecule has 0 saturated carbocycles. The van der Waals surface area contributed by atoms with Crippen molar-refractivity contribution in [3.8, 4) is 0 Å². The van der Waals surface area contributed by atoms with Crippen LogP contribution in [0.5, 0.6) is 0 Å². The number of rotatable bonds is 4. The van der Waals surface area contributed by atoms with Crippen LogP contribution in [-0.4, -0.2) is 47.8 Å². The Kier molecular flexibility index (Phi) is 6.32. The van der Waals surface area contributed by atoms with Gasteiger partial charge in [0.2, 0.25) is 11.8 Å². The van der Waals surface area contributed by atoms with Crippen molar-refractivity contribution in [2.75, 3.05) is 31.5 Å². The lowest BCUT2D eigenvalue weighted by atomic mass is 9.90. The highest BCUT2D eigenvalue weighted by Crippen LogP contribution is 2.32. The Balaban J connectivity index is 1.54. The summed E-state index contributed by atoms with van der Waals surface area (Å²) in [6.07, 6.45) is 2.66. The molecule has 0 unspecified atom stereocenters. The lowest BCUT2D eigenvalue weighted by molar-refractivity contribution is -0.139. The number of nitrogens with zero attached hydrogens (tertiary/aromatic N) is 2. The van der Waals surface area contributed by atoms with Gasteiger partial charge in [-0.1, -0.05) is 31.2 Å². The number of halogens is 2. The molecule has 2 aromatic carbocycles. The van der Waals surface area contributed by atoms with E-state index >= 15 is 0 Å². The molecule has 0 aliphatic carbocycles. The highest BCUT2D eigenvalue weighted by molar-refractivity contribution is 5.93. The van der Waals surface area contributed by atoms with Crippen molar-refractivity contribution in [1.82, 2.24) is 9.80 Å². The van der Waals surface area contributed by atoms with Gasteiger partial charge in [-0.25, -0.2) is 8.78 Å². The average Bonchev–Trinajstić information content (AvgIpc) is 2.76. The maximum Gasteiger partial charge on any atom is 0.244 e. The number of carbonyl (C=O) groups excluding carboxylic acids is 2. The molecule has 31 heavy (non-hydrogen) atoms. The maximum absolute atomic E-state index is 13.9. The molecule has 1 fully saturated rings. The third-order valence-electron chi connectivity index (χ3n) is 6.26. The fourth-order valence-electron chi connectivity index (χ4n) is 4.45. The van der Waals surface area contributed by atoms with Crippen LogP contribution < -0.4 is 5.32 Å². The monoisotopic (exact) mass is 427 g/mol. The van der Waals surface area contributed by atoms with Crippen molar-refractivity contribution in [2.24, 2.45) is 5.92 Å². The van der Waals surface area contributed by atoms with Crippen LogP contribution in [0.3, 0.4) is 0 Å². The summed E-state index contributed by atoms with van der Waals surface area (Å²) in [6, 6.07) is 10.2. The van der Waals surface area contributed by atoms with E-state index in [1.165, 1.54) is 0 Å². The second-order valence-corrected chi connectivity index (χ2v) is 8.50. The Labute approximate surface area is 181 Å². The highest BCUT2D eigenvalue weighted by Gasteiger charge is 2.37. The summed E-state index contributed by atoms with van der Waals surface area (Å²) in [4.78, 5) is 29.9. The number of carbonyl (C=O) groups is 2. The first-order chi connectivity index (χ1) is 14.9. The minimum atomic E-state index is -0.700. The van der Waals surface area contributed by atoms with Crippen LogP contribution >= 0.6 is 0 Å². The van der Waals surface area contributed by atoms with E-state index in [4.69, 9.17) is 0 Å². The minimum Gasteiger partial charge on any atom is -0.341 e. The summed E-state index contributed by atoms with van der Waals surface area (Å²) in [7, 11) is 0. The highest BCUT2D eigenvalue weighted by atomic mass is 19.1. The molecular weight excluding hydrogens is 400 g/mol. The Morgan fingerprint density at radius 1 is 1.06 bits per heavy atom. The van der Waals surface area contributed by atoms with E-state index in [2.05, 4.69) is 12.2 Å². The van der Waals surface area contributed by atoms with Gasteiger partial charge < -0.3 is 10.2 Å². The SMILES string of the molecule is CC1CCN(C(=O)[C@H]2c3ccccc3CCN2CC(=O)Nc2cc(F)ccc2F)CC1. The number of fused-ring (bicyclic) bond motifs is 1. The van der Waals surface area contributed by atoms with Crippen LogP contribution in [0.15, 0.2) is 42.5 Å². The predicted molar refractivity (Wildman–Crippen MR) is 114 cm³/mol. The molecule has 5 nitrogen and oxygen atoms in total. The van der Waals surface area contributed by atoms with Crippen molar-refractivity contribution < 1.29 is 18.4 Å². The van der Waals surface area contributed by atoms with Crippen molar-refractivity contribution >= 4 is 17.5 Å². The smallest absolute Gasteiger partial charge is 0.244 e. The number of hydrogen-bond acceptors (Lipinski definition) is 3. The van der Waals surface area contributed by atoms with Gasteiger partial charge in [0.05, 0.1) is 12.2 Å². The summed E-state index contributed by atoms with van der Waals surface area (Å²) in [6.45, 7) is 4.09. The van der Waals surface area contributed by atoms with E-state index in [-0.39, 0.29) is 18.1 Å². The molecule has 2 aliphatic heterocycles. The molecular formula is C24H27F2N3O2. The number of piperidine rings is 1. The lowest BCUT2D eigenvalue weighted by Crippen LogP contribution is -2.50. The molecule has 1 N–H and O–H groups in total. The van der Waals surface area contributed by atoms with Crippen molar-refractivity contribution in [3.05, 3.63) is 65.2 Å². The molecule has 1 saturated heterocycles. The summed E-state index contributed by atoms with van der Waals surface area (Å²) in [5, 5.41) is 2.45. The van der Waals surface area contributed by atoms with Crippen LogP contribution in [0.25, 0.3) is 0 Å². The molecule has 2 aromatic rings. The quantitative estimate of drug-likeness (QED) is 0.809. The van der Waals surface area contributed by atoms with Crippen molar-refractivity contribution in [1.29, 1.82) is 0 Å². The molecule has 0 aromatic heterocycles. The molecule has 0 radical (unpaired) electrons. The van der Waals surface area contributed by atoms with Crippen LogP contribution in [0.4, 0.5) is 14.5 Å². The van der Waals surface area contributed by atoms with Crippen molar-refractivity contribution in [3.63, 3.8) is 0 Å². The number of hydrogen-bond donors (Lipinski definition) is 1. The lowest BCUT2D eigenvalue weighted by Gasteiger charge is -2.40. The van der Waals surface area contributed by atoms with Crippen LogP contribution in [0, 0.1) is 17.6 Å². The number of benzene rings is 2. The van der Waals surface area contributed by atoms with Gasteiger partial charge in [0.25, 0.3) is 0 Å². The molecule has 1 atom stereocenters. The Hall–Kier alpha value is -2.80. The zero-order valence-electron chi connectivity index (χ0n) is 17.6. The van der Waals surface area contributed by atoms with Crippen LogP contribution in [0.1, 0.15) is 36.9 Å². The van der Waals surface area contributed by atoms with Gasteiger partial charge >= 0.3 is 0 Å². The molecule has 0 bridgehead atoms. The van der Waals surface area contributed by atoms with Gasteiger partial charge in [-0.3, -0.25) is 14.5 Å². The average molecular weight is 427 g/mol. The van der Waals surface area contributed by atoms with Gasteiger partial charge in [-0.05, 0) is 48.4 Å². The third-order valence-corrected chi connectivity index (χ3v) is 6.26. The van der Waals surface area contributed by atoms with Gasteiger partial charge in [0.15, 0.2) is 0 Å². The van der Waals surface area contributed by atoms with E-state index in [0.29, 0.717) is 25.6 Å². The van der Waals surface area contributed by atoms with Gasteiger partial charge in [0.1, 0.15) is 17.7 Å². The predicted octanol–water partition coefficient (Wildman–Crippen LogP) is 3.76. The van der Waals surface area contributed by atoms with Crippen molar-refractivity contribution in [2.45, 2.75) is 32.2 Å².